The molecule has 14 heavy (non-hydrogen) atoms. The molecule has 1 atom stereocenters. The van der Waals surface area contributed by atoms with Gasteiger partial charge in [-0.15, -0.1) is 0 Å². The van der Waals surface area contributed by atoms with Gasteiger partial charge in [0.25, 0.3) is 0 Å². The first kappa shape index (κ1) is 9.26. The van der Waals surface area contributed by atoms with Gasteiger partial charge in [-0.25, -0.2) is 0 Å². The summed E-state index contributed by atoms with van der Waals surface area (Å²) in [6.45, 7) is 4.19. The summed E-state index contributed by atoms with van der Waals surface area (Å²) in [4.78, 5) is 0. The lowest BCUT2D eigenvalue weighted by atomic mass is 9.88. The van der Waals surface area contributed by atoms with E-state index in [1.807, 2.05) is 0 Å². The molecule has 1 aromatic rings. The molecule has 0 heteroatoms. The van der Waals surface area contributed by atoms with Crippen molar-refractivity contribution in [3.05, 3.63) is 60.2 Å². The third-order valence-corrected chi connectivity index (χ3v) is 2.87. The topological polar surface area (TPSA) is 0 Å². The molecule has 0 spiro atoms. The standard InChI is InChI=1S/C14H16/c1-12-8-4-2-7-11-14(12)13-9-5-3-6-10-13/h2-3,5-7,9-10,14H,1,4,8,11H2/t14-/m1/s1. The van der Waals surface area contributed by atoms with E-state index in [1.165, 1.54) is 11.1 Å². The summed E-state index contributed by atoms with van der Waals surface area (Å²) in [6, 6.07) is 10.7. The molecule has 72 valence electrons. The van der Waals surface area contributed by atoms with E-state index in [-0.39, 0.29) is 0 Å². The molecule has 0 nitrogen and oxygen atoms in total. The predicted octanol–water partition coefficient (Wildman–Crippen LogP) is 4.07. The molecule has 0 saturated heterocycles. The van der Waals surface area contributed by atoms with Crippen LogP contribution in [-0.4, -0.2) is 0 Å². The van der Waals surface area contributed by atoms with Gasteiger partial charge in [0.1, 0.15) is 0 Å². The molecule has 0 bridgehead atoms. The molecular weight excluding hydrogens is 168 g/mol. The number of hydrogen-bond acceptors (Lipinski definition) is 0. The molecule has 0 radical (unpaired) electrons. The van der Waals surface area contributed by atoms with Crippen molar-refractivity contribution >= 4 is 0 Å². The highest BCUT2D eigenvalue weighted by atomic mass is 14.2. The van der Waals surface area contributed by atoms with Crippen LogP contribution >= 0.6 is 0 Å². The summed E-state index contributed by atoms with van der Waals surface area (Å²) in [7, 11) is 0. The second-order valence-corrected chi connectivity index (χ2v) is 3.87. The van der Waals surface area contributed by atoms with E-state index in [0.717, 1.165) is 19.3 Å². The minimum absolute atomic E-state index is 0.537. The van der Waals surface area contributed by atoms with E-state index in [4.69, 9.17) is 0 Å². The Morgan fingerprint density at radius 3 is 2.64 bits per heavy atom. The van der Waals surface area contributed by atoms with Crippen LogP contribution in [0.4, 0.5) is 0 Å². The fourth-order valence-corrected chi connectivity index (χ4v) is 2.02. The monoisotopic (exact) mass is 184 g/mol. The van der Waals surface area contributed by atoms with Crippen molar-refractivity contribution in [2.24, 2.45) is 0 Å². The normalized spacial score (nSPS) is 22.0. The van der Waals surface area contributed by atoms with E-state index in [2.05, 4.69) is 49.1 Å². The minimum Gasteiger partial charge on any atom is -0.0992 e. The molecule has 1 aromatic carbocycles. The number of benzene rings is 1. The summed E-state index contributed by atoms with van der Waals surface area (Å²) >= 11 is 0. The van der Waals surface area contributed by atoms with E-state index >= 15 is 0 Å². The number of hydrogen-bond donors (Lipinski definition) is 0. The number of rotatable bonds is 1. The fraction of sp³-hybridized carbons (Fsp3) is 0.286. The summed E-state index contributed by atoms with van der Waals surface area (Å²) in [5, 5.41) is 0. The molecule has 1 aliphatic rings. The Bertz CT molecular complexity index is 332. The molecule has 2 rings (SSSR count). The Balaban J connectivity index is 2.24. The van der Waals surface area contributed by atoms with Gasteiger partial charge < -0.3 is 0 Å². The molecular formula is C14H16. The van der Waals surface area contributed by atoms with E-state index in [1.54, 1.807) is 0 Å². The van der Waals surface area contributed by atoms with Crippen molar-refractivity contribution < 1.29 is 0 Å². The van der Waals surface area contributed by atoms with Gasteiger partial charge >= 0.3 is 0 Å². The first-order chi connectivity index (χ1) is 6.88. The highest BCUT2D eigenvalue weighted by Gasteiger charge is 2.14. The molecule has 0 amide bonds. The lowest BCUT2D eigenvalue weighted by Crippen LogP contribution is -1.99. The van der Waals surface area contributed by atoms with E-state index in [0.29, 0.717) is 5.92 Å². The Hall–Kier alpha value is -1.30. The van der Waals surface area contributed by atoms with Gasteiger partial charge in [-0.2, -0.15) is 0 Å². The van der Waals surface area contributed by atoms with Crippen LogP contribution in [0.15, 0.2) is 54.6 Å². The Kier molecular flexibility index (Phi) is 2.83. The lowest BCUT2D eigenvalue weighted by Gasteiger charge is -2.16. The van der Waals surface area contributed by atoms with Crippen molar-refractivity contribution in [1.29, 1.82) is 0 Å². The molecule has 0 aliphatic heterocycles. The van der Waals surface area contributed by atoms with E-state index in [9.17, 15) is 0 Å². The quantitative estimate of drug-likeness (QED) is 0.577. The average Bonchev–Trinajstić information content (AvgIpc) is 2.44. The zero-order valence-electron chi connectivity index (χ0n) is 8.45. The largest absolute Gasteiger partial charge is 0.0992 e. The fourth-order valence-electron chi connectivity index (χ4n) is 2.02. The van der Waals surface area contributed by atoms with Crippen LogP contribution in [0.3, 0.4) is 0 Å². The van der Waals surface area contributed by atoms with Crippen molar-refractivity contribution in [3.63, 3.8) is 0 Å². The second-order valence-electron chi connectivity index (χ2n) is 3.87. The SMILES string of the molecule is C=C1CCC=CC[C@H]1c1ccccc1. The van der Waals surface area contributed by atoms with Crippen molar-refractivity contribution in [2.45, 2.75) is 25.2 Å². The highest BCUT2D eigenvalue weighted by Crippen LogP contribution is 2.31. The lowest BCUT2D eigenvalue weighted by molar-refractivity contribution is 0.778. The summed E-state index contributed by atoms with van der Waals surface area (Å²) in [5.74, 6) is 0.537. The van der Waals surface area contributed by atoms with Crippen LogP contribution < -0.4 is 0 Å². The van der Waals surface area contributed by atoms with Crippen molar-refractivity contribution in [2.75, 3.05) is 0 Å². The maximum Gasteiger partial charge on any atom is 0.00800 e. The van der Waals surface area contributed by atoms with Gasteiger partial charge in [-0.3, -0.25) is 0 Å². The molecule has 1 aliphatic carbocycles. The molecule has 0 saturated carbocycles. The maximum absolute atomic E-state index is 4.19. The highest BCUT2D eigenvalue weighted by molar-refractivity contribution is 5.29. The molecule has 0 N–H and O–H groups in total. The van der Waals surface area contributed by atoms with Crippen LogP contribution in [0.2, 0.25) is 0 Å². The van der Waals surface area contributed by atoms with Gasteiger partial charge in [-0.05, 0) is 24.8 Å². The van der Waals surface area contributed by atoms with Gasteiger partial charge in [0.05, 0.1) is 0 Å². The summed E-state index contributed by atoms with van der Waals surface area (Å²) < 4.78 is 0. The first-order valence-corrected chi connectivity index (χ1v) is 5.25. The van der Waals surface area contributed by atoms with Crippen LogP contribution in [0.1, 0.15) is 30.7 Å². The zero-order valence-corrected chi connectivity index (χ0v) is 8.45. The molecule has 0 heterocycles. The van der Waals surface area contributed by atoms with Crippen molar-refractivity contribution in [3.8, 4) is 0 Å². The third-order valence-electron chi connectivity index (χ3n) is 2.87. The van der Waals surface area contributed by atoms with Crippen molar-refractivity contribution in [1.82, 2.24) is 0 Å². The van der Waals surface area contributed by atoms with Crippen LogP contribution in [0.5, 0.6) is 0 Å². The second kappa shape index (κ2) is 4.28. The smallest absolute Gasteiger partial charge is 0.00800 e. The first-order valence-electron chi connectivity index (χ1n) is 5.25. The van der Waals surface area contributed by atoms with Gasteiger partial charge in [0.15, 0.2) is 0 Å². The van der Waals surface area contributed by atoms with Crippen LogP contribution in [0.25, 0.3) is 0 Å². The van der Waals surface area contributed by atoms with E-state index < -0.39 is 0 Å². The third kappa shape index (κ3) is 1.95. The summed E-state index contributed by atoms with van der Waals surface area (Å²) in [5.41, 5.74) is 2.78. The van der Waals surface area contributed by atoms with Gasteiger partial charge in [-0.1, -0.05) is 54.6 Å². The summed E-state index contributed by atoms with van der Waals surface area (Å²) in [6.07, 6.45) is 7.96. The van der Waals surface area contributed by atoms with Crippen LogP contribution in [-0.2, 0) is 0 Å². The molecule has 0 fully saturated rings. The maximum atomic E-state index is 4.19. The Morgan fingerprint density at radius 2 is 1.86 bits per heavy atom. The van der Waals surface area contributed by atoms with Crippen LogP contribution in [0, 0.1) is 0 Å². The average molecular weight is 184 g/mol. The van der Waals surface area contributed by atoms with Gasteiger partial charge in [0.2, 0.25) is 0 Å². The Labute approximate surface area is 86.0 Å². The van der Waals surface area contributed by atoms with Gasteiger partial charge in [0, 0.05) is 5.92 Å². The predicted molar refractivity (Wildman–Crippen MR) is 61.3 cm³/mol. The number of allylic oxidation sites excluding steroid dienone is 3. The minimum atomic E-state index is 0.537. The zero-order chi connectivity index (χ0) is 9.80. The Morgan fingerprint density at radius 1 is 1.07 bits per heavy atom. The molecule has 0 aromatic heterocycles. The molecule has 0 unspecified atom stereocenters.